The van der Waals surface area contributed by atoms with Crippen molar-refractivity contribution < 1.29 is 0 Å². The van der Waals surface area contributed by atoms with E-state index >= 15 is 0 Å². The minimum atomic E-state index is 0.139. The quantitative estimate of drug-likeness (QED) is 0.907. The average molecular weight is 251 g/mol. The van der Waals surface area contributed by atoms with Crippen molar-refractivity contribution in [1.82, 2.24) is 9.36 Å². The lowest BCUT2D eigenvalue weighted by atomic mass is 10.1. The van der Waals surface area contributed by atoms with E-state index in [1.165, 1.54) is 22.0 Å². The van der Waals surface area contributed by atoms with E-state index in [9.17, 15) is 0 Å². The Morgan fingerprint density at radius 1 is 1.38 bits per heavy atom. The summed E-state index contributed by atoms with van der Waals surface area (Å²) >= 11 is 3.04. The third-order valence-electron chi connectivity index (χ3n) is 2.29. The zero-order chi connectivity index (χ0) is 11.4. The van der Waals surface area contributed by atoms with Crippen LogP contribution in [-0.4, -0.2) is 9.36 Å². The molecule has 0 aliphatic heterocycles. The molecule has 0 amide bonds. The molecule has 3 nitrogen and oxygen atoms in total. The summed E-state index contributed by atoms with van der Waals surface area (Å²) in [6.45, 7) is 2.09. The van der Waals surface area contributed by atoms with Crippen molar-refractivity contribution in [2.75, 3.05) is 0 Å². The Morgan fingerprint density at radius 3 is 2.69 bits per heavy atom. The molecule has 0 saturated heterocycles. The van der Waals surface area contributed by atoms with E-state index < -0.39 is 0 Å². The van der Waals surface area contributed by atoms with E-state index in [0.29, 0.717) is 0 Å². The highest BCUT2D eigenvalue weighted by Crippen LogP contribution is 2.28. The van der Waals surface area contributed by atoms with Gasteiger partial charge in [0.05, 0.1) is 0 Å². The van der Waals surface area contributed by atoms with Crippen LogP contribution in [0.1, 0.15) is 24.9 Å². The number of benzene rings is 1. The van der Waals surface area contributed by atoms with Crippen LogP contribution in [0.25, 0.3) is 0 Å². The molecule has 0 aliphatic rings. The van der Waals surface area contributed by atoms with Crippen molar-refractivity contribution in [3.05, 3.63) is 36.2 Å². The lowest BCUT2D eigenvalue weighted by Crippen LogP contribution is -2.07. The molecule has 1 aromatic heterocycles. The summed E-state index contributed by atoms with van der Waals surface area (Å²) in [5.41, 5.74) is 7.14. The van der Waals surface area contributed by atoms with Gasteiger partial charge < -0.3 is 5.73 Å². The van der Waals surface area contributed by atoms with Crippen molar-refractivity contribution in [2.45, 2.75) is 28.6 Å². The molecular weight excluding hydrogens is 238 g/mol. The Balaban J connectivity index is 2.07. The molecule has 5 heteroatoms. The monoisotopic (exact) mass is 251 g/mol. The molecule has 0 aliphatic carbocycles. The van der Waals surface area contributed by atoms with Crippen LogP contribution in [-0.2, 0) is 0 Å². The number of hydrogen-bond donors (Lipinski definition) is 1. The highest BCUT2D eigenvalue weighted by molar-refractivity contribution is 8.01. The van der Waals surface area contributed by atoms with Gasteiger partial charge in [-0.25, -0.2) is 4.98 Å². The van der Waals surface area contributed by atoms with Crippen molar-refractivity contribution in [2.24, 2.45) is 5.73 Å². The van der Waals surface area contributed by atoms with Gasteiger partial charge in [0.1, 0.15) is 6.33 Å². The van der Waals surface area contributed by atoms with Crippen LogP contribution in [0.2, 0.25) is 0 Å². The van der Waals surface area contributed by atoms with E-state index in [1.807, 2.05) is 0 Å². The Morgan fingerprint density at radius 2 is 2.12 bits per heavy atom. The van der Waals surface area contributed by atoms with Crippen LogP contribution in [0.4, 0.5) is 0 Å². The SMILES string of the molecule is CC[C@H](N)c1ccc(Sc2ncns2)cc1. The molecule has 0 unspecified atom stereocenters. The van der Waals surface area contributed by atoms with Gasteiger partial charge in [0.2, 0.25) is 0 Å². The van der Waals surface area contributed by atoms with E-state index in [1.54, 1.807) is 18.1 Å². The summed E-state index contributed by atoms with van der Waals surface area (Å²) < 4.78 is 4.93. The van der Waals surface area contributed by atoms with Crippen LogP contribution in [0.5, 0.6) is 0 Å². The van der Waals surface area contributed by atoms with Crippen LogP contribution in [0, 0.1) is 0 Å². The zero-order valence-corrected chi connectivity index (χ0v) is 10.6. The molecule has 0 fully saturated rings. The maximum atomic E-state index is 5.95. The summed E-state index contributed by atoms with van der Waals surface area (Å²) in [5, 5.41) is 0. The topological polar surface area (TPSA) is 51.8 Å². The first-order valence-electron chi connectivity index (χ1n) is 5.09. The van der Waals surface area contributed by atoms with Gasteiger partial charge in [-0.2, -0.15) is 4.37 Å². The molecule has 1 atom stereocenters. The molecule has 0 spiro atoms. The standard InChI is InChI=1S/C11H13N3S2/c1-2-10(12)8-3-5-9(6-4-8)15-11-13-7-14-16-11/h3-7,10H,2,12H2,1H3/t10-/m0/s1. The minimum Gasteiger partial charge on any atom is -0.324 e. The van der Waals surface area contributed by atoms with Gasteiger partial charge >= 0.3 is 0 Å². The van der Waals surface area contributed by atoms with Gasteiger partial charge in [-0.15, -0.1) is 0 Å². The third-order valence-corrected chi connectivity index (χ3v) is 4.02. The highest BCUT2D eigenvalue weighted by Gasteiger charge is 2.04. The second-order valence-electron chi connectivity index (χ2n) is 3.39. The Hall–Kier alpha value is -0.910. The van der Waals surface area contributed by atoms with Gasteiger partial charge in [-0.05, 0) is 35.6 Å². The average Bonchev–Trinajstić information content (AvgIpc) is 2.82. The van der Waals surface area contributed by atoms with Gasteiger partial charge in [0.25, 0.3) is 0 Å². The summed E-state index contributed by atoms with van der Waals surface area (Å²) in [6, 6.07) is 8.46. The fraction of sp³-hybridized carbons (Fsp3) is 0.273. The molecular formula is C11H13N3S2. The Bertz CT molecular complexity index is 425. The second kappa shape index (κ2) is 5.43. The molecule has 0 saturated carbocycles. The van der Waals surface area contributed by atoms with Gasteiger partial charge in [0.15, 0.2) is 4.34 Å². The lowest BCUT2D eigenvalue weighted by Gasteiger charge is -2.09. The van der Waals surface area contributed by atoms with E-state index in [4.69, 9.17) is 5.73 Å². The summed E-state index contributed by atoms with van der Waals surface area (Å²) in [6.07, 6.45) is 2.54. The van der Waals surface area contributed by atoms with Crippen LogP contribution < -0.4 is 5.73 Å². The number of aromatic nitrogens is 2. The fourth-order valence-electron chi connectivity index (χ4n) is 1.33. The van der Waals surface area contributed by atoms with E-state index in [-0.39, 0.29) is 6.04 Å². The molecule has 2 N–H and O–H groups in total. The van der Waals surface area contributed by atoms with Crippen LogP contribution >= 0.6 is 23.3 Å². The van der Waals surface area contributed by atoms with Crippen molar-refractivity contribution in [3.63, 3.8) is 0 Å². The molecule has 1 heterocycles. The smallest absolute Gasteiger partial charge is 0.174 e. The van der Waals surface area contributed by atoms with Crippen LogP contribution in [0.15, 0.2) is 39.8 Å². The van der Waals surface area contributed by atoms with Crippen molar-refractivity contribution >= 4 is 23.3 Å². The first-order valence-corrected chi connectivity index (χ1v) is 6.68. The van der Waals surface area contributed by atoms with Crippen molar-refractivity contribution in [3.8, 4) is 0 Å². The Labute approximate surface area is 103 Å². The lowest BCUT2D eigenvalue weighted by molar-refractivity contribution is 0.698. The molecule has 1 aromatic carbocycles. The molecule has 2 rings (SSSR count). The van der Waals surface area contributed by atoms with E-state index in [2.05, 4.69) is 40.5 Å². The van der Waals surface area contributed by atoms with Gasteiger partial charge in [0, 0.05) is 10.9 Å². The first kappa shape index (κ1) is 11.6. The number of hydrogen-bond acceptors (Lipinski definition) is 5. The third kappa shape index (κ3) is 2.81. The molecule has 84 valence electrons. The normalized spacial score (nSPS) is 12.6. The predicted molar refractivity (Wildman–Crippen MR) is 67.7 cm³/mol. The molecule has 0 bridgehead atoms. The first-order chi connectivity index (χ1) is 7.79. The minimum absolute atomic E-state index is 0.139. The predicted octanol–water partition coefficient (Wildman–Crippen LogP) is 3.10. The maximum absolute atomic E-state index is 5.95. The second-order valence-corrected chi connectivity index (χ2v) is 5.49. The molecule has 16 heavy (non-hydrogen) atoms. The largest absolute Gasteiger partial charge is 0.324 e. The van der Waals surface area contributed by atoms with Gasteiger partial charge in [-0.1, -0.05) is 30.8 Å². The summed E-state index contributed by atoms with van der Waals surface area (Å²) in [5.74, 6) is 0. The number of rotatable bonds is 4. The van der Waals surface area contributed by atoms with Crippen LogP contribution in [0.3, 0.4) is 0 Å². The van der Waals surface area contributed by atoms with Crippen molar-refractivity contribution in [1.29, 1.82) is 0 Å². The Kier molecular flexibility index (Phi) is 3.93. The maximum Gasteiger partial charge on any atom is 0.174 e. The zero-order valence-electron chi connectivity index (χ0n) is 8.96. The summed E-state index contributed by atoms with van der Waals surface area (Å²) in [7, 11) is 0. The summed E-state index contributed by atoms with van der Waals surface area (Å²) in [4.78, 5) is 5.30. The van der Waals surface area contributed by atoms with Gasteiger partial charge in [-0.3, -0.25) is 0 Å². The van der Waals surface area contributed by atoms with E-state index in [0.717, 1.165) is 10.8 Å². The molecule has 2 aromatic rings. The molecule has 0 radical (unpaired) electrons. The highest BCUT2D eigenvalue weighted by atomic mass is 32.2. The fourth-order valence-corrected chi connectivity index (χ4v) is 2.75. The number of nitrogens with two attached hydrogens (primary N) is 1. The number of nitrogens with zero attached hydrogens (tertiary/aromatic N) is 2.